The van der Waals surface area contributed by atoms with E-state index in [0.717, 1.165) is 28.9 Å². The molecule has 0 aliphatic carbocycles. The third-order valence-corrected chi connectivity index (χ3v) is 3.63. The van der Waals surface area contributed by atoms with Crippen molar-refractivity contribution in [1.82, 2.24) is 10.2 Å². The number of rotatable bonds is 4. The zero-order chi connectivity index (χ0) is 15.5. The van der Waals surface area contributed by atoms with Crippen molar-refractivity contribution in [3.63, 3.8) is 0 Å². The highest BCUT2D eigenvalue weighted by Crippen LogP contribution is 2.24. The van der Waals surface area contributed by atoms with Gasteiger partial charge in [-0.15, -0.1) is 0 Å². The second kappa shape index (κ2) is 6.14. The molecule has 22 heavy (non-hydrogen) atoms. The van der Waals surface area contributed by atoms with E-state index in [1.165, 1.54) is 17.7 Å². The third-order valence-electron chi connectivity index (χ3n) is 3.63. The molecule has 0 bridgehead atoms. The number of benzene rings is 2. The van der Waals surface area contributed by atoms with Gasteiger partial charge in [0.2, 0.25) is 0 Å². The maximum Gasteiger partial charge on any atom is 0.123 e. The van der Waals surface area contributed by atoms with Crippen LogP contribution >= 0.6 is 0 Å². The summed E-state index contributed by atoms with van der Waals surface area (Å²) >= 11 is 0. The lowest BCUT2D eigenvalue weighted by molar-refractivity contribution is 0.628. The molecular weight excluding hydrogens is 275 g/mol. The molecule has 0 aliphatic rings. The van der Waals surface area contributed by atoms with E-state index >= 15 is 0 Å². The van der Waals surface area contributed by atoms with Crippen LogP contribution in [0, 0.1) is 11.7 Å². The van der Waals surface area contributed by atoms with Crippen LogP contribution in [0.1, 0.15) is 19.4 Å². The molecule has 3 rings (SSSR count). The molecule has 3 heteroatoms. The van der Waals surface area contributed by atoms with E-state index in [4.69, 9.17) is 0 Å². The molecule has 0 saturated carbocycles. The summed E-state index contributed by atoms with van der Waals surface area (Å²) in [5.74, 6) is 0.420. The normalized spacial score (nSPS) is 11.1. The van der Waals surface area contributed by atoms with E-state index in [1.807, 2.05) is 6.07 Å². The first-order chi connectivity index (χ1) is 10.6. The average Bonchev–Trinajstić information content (AvgIpc) is 2.98. The van der Waals surface area contributed by atoms with Gasteiger partial charge in [-0.2, -0.15) is 5.10 Å². The molecule has 1 heterocycles. The molecule has 2 nitrogen and oxygen atoms in total. The second-order valence-corrected chi connectivity index (χ2v) is 5.97. The van der Waals surface area contributed by atoms with Crippen LogP contribution in [0.2, 0.25) is 0 Å². The van der Waals surface area contributed by atoms with Crippen molar-refractivity contribution >= 4 is 0 Å². The zero-order valence-corrected chi connectivity index (χ0v) is 12.8. The highest BCUT2D eigenvalue weighted by Gasteiger charge is 2.06. The molecular formula is C19H19FN2. The lowest BCUT2D eigenvalue weighted by Gasteiger charge is -2.05. The molecule has 1 aromatic heterocycles. The minimum absolute atomic E-state index is 0.236. The van der Waals surface area contributed by atoms with Gasteiger partial charge in [0, 0.05) is 5.56 Å². The van der Waals surface area contributed by atoms with Crippen LogP contribution in [0.3, 0.4) is 0 Å². The number of nitrogens with one attached hydrogen (secondary N) is 1. The fourth-order valence-electron chi connectivity index (χ4n) is 2.53. The van der Waals surface area contributed by atoms with Crippen molar-refractivity contribution < 1.29 is 4.39 Å². The standard InChI is InChI=1S/C19H19FN2/c1-13(2)11-14-3-5-15(6-4-14)18-12-19(22-21-18)16-7-9-17(20)10-8-16/h3-10,12-13H,11H2,1-2H3,(H,21,22). The predicted molar refractivity (Wildman–Crippen MR) is 88.0 cm³/mol. The lowest BCUT2D eigenvalue weighted by Crippen LogP contribution is -1.93. The van der Waals surface area contributed by atoms with Crippen molar-refractivity contribution in [2.24, 2.45) is 5.92 Å². The van der Waals surface area contributed by atoms with E-state index in [-0.39, 0.29) is 5.82 Å². The topological polar surface area (TPSA) is 28.7 Å². The maximum absolute atomic E-state index is 13.0. The number of aromatic amines is 1. The Hall–Kier alpha value is -2.42. The molecule has 3 aromatic rings. The maximum atomic E-state index is 13.0. The molecule has 0 amide bonds. The van der Waals surface area contributed by atoms with Crippen molar-refractivity contribution in [3.05, 3.63) is 66.0 Å². The van der Waals surface area contributed by atoms with E-state index in [9.17, 15) is 4.39 Å². The van der Waals surface area contributed by atoms with E-state index in [1.54, 1.807) is 12.1 Å². The summed E-state index contributed by atoms with van der Waals surface area (Å²) in [5, 5.41) is 7.37. The zero-order valence-electron chi connectivity index (χ0n) is 12.8. The summed E-state index contributed by atoms with van der Waals surface area (Å²) in [6.07, 6.45) is 1.09. The molecule has 112 valence electrons. The fraction of sp³-hybridized carbons (Fsp3) is 0.211. The first-order valence-electron chi connectivity index (χ1n) is 7.52. The number of H-pyrrole nitrogens is 1. The van der Waals surface area contributed by atoms with Crippen molar-refractivity contribution in [2.45, 2.75) is 20.3 Å². The van der Waals surface area contributed by atoms with E-state index in [0.29, 0.717) is 5.92 Å². The van der Waals surface area contributed by atoms with Gasteiger partial charge in [-0.05, 0) is 53.8 Å². The summed E-state index contributed by atoms with van der Waals surface area (Å²) in [4.78, 5) is 0. The van der Waals surface area contributed by atoms with Gasteiger partial charge in [0.1, 0.15) is 5.82 Å². The highest BCUT2D eigenvalue weighted by atomic mass is 19.1. The van der Waals surface area contributed by atoms with E-state index < -0.39 is 0 Å². The first-order valence-corrected chi connectivity index (χ1v) is 7.52. The monoisotopic (exact) mass is 294 g/mol. The van der Waals surface area contributed by atoms with Gasteiger partial charge >= 0.3 is 0 Å². The van der Waals surface area contributed by atoms with Crippen LogP contribution in [0.15, 0.2) is 54.6 Å². The Labute approximate surface area is 130 Å². The summed E-state index contributed by atoms with van der Waals surface area (Å²) in [5.41, 5.74) is 5.14. The fourth-order valence-corrected chi connectivity index (χ4v) is 2.53. The SMILES string of the molecule is CC(C)Cc1ccc(-c2cc(-c3ccc(F)cc3)n[nH]2)cc1. The van der Waals surface area contributed by atoms with Crippen LogP contribution in [0.4, 0.5) is 4.39 Å². The van der Waals surface area contributed by atoms with Gasteiger partial charge < -0.3 is 0 Å². The molecule has 2 aromatic carbocycles. The average molecular weight is 294 g/mol. The molecule has 0 atom stereocenters. The van der Waals surface area contributed by atoms with Gasteiger partial charge in [-0.25, -0.2) is 4.39 Å². The second-order valence-electron chi connectivity index (χ2n) is 5.97. The minimum Gasteiger partial charge on any atom is -0.277 e. The molecule has 0 spiro atoms. The quantitative estimate of drug-likeness (QED) is 0.714. The Bertz CT molecular complexity index is 740. The Balaban J connectivity index is 1.82. The van der Waals surface area contributed by atoms with Crippen LogP contribution in [0.25, 0.3) is 22.5 Å². The Kier molecular flexibility index (Phi) is 4.05. The molecule has 0 fully saturated rings. The van der Waals surface area contributed by atoms with Crippen LogP contribution < -0.4 is 0 Å². The molecule has 0 radical (unpaired) electrons. The number of nitrogens with zero attached hydrogens (tertiary/aromatic N) is 1. The first kappa shape index (κ1) is 14.5. The van der Waals surface area contributed by atoms with Gasteiger partial charge in [-0.1, -0.05) is 38.1 Å². The molecule has 0 saturated heterocycles. The Morgan fingerprint density at radius 1 is 0.955 bits per heavy atom. The highest BCUT2D eigenvalue weighted by molar-refractivity contribution is 5.68. The van der Waals surface area contributed by atoms with Gasteiger partial charge in [-0.3, -0.25) is 5.10 Å². The lowest BCUT2D eigenvalue weighted by atomic mass is 10.0. The summed E-state index contributed by atoms with van der Waals surface area (Å²) < 4.78 is 13.0. The number of hydrogen-bond acceptors (Lipinski definition) is 1. The molecule has 0 aliphatic heterocycles. The minimum atomic E-state index is -0.236. The Morgan fingerprint density at radius 3 is 2.23 bits per heavy atom. The largest absolute Gasteiger partial charge is 0.277 e. The van der Waals surface area contributed by atoms with Gasteiger partial charge in [0.05, 0.1) is 11.4 Å². The smallest absolute Gasteiger partial charge is 0.123 e. The summed E-state index contributed by atoms with van der Waals surface area (Å²) in [7, 11) is 0. The predicted octanol–water partition coefficient (Wildman–Crippen LogP) is 5.08. The summed E-state index contributed by atoms with van der Waals surface area (Å²) in [6.45, 7) is 4.44. The summed E-state index contributed by atoms with van der Waals surface area (Å²) in [6, 6.07) is 16.9. The van der Waals surface area contributed by atoms with Crippen LogP contribution in [0.5, 0.6) is 0 Å². The third kappa shape index (κ3) is 3.25. The van der Waals surface area contributed by atoms with Crippen molar-refractivity contribution in [3.8, 4) is 22.5 Å². The Morgan fingerprint density at radius 2 is 1.59 bits per heavy atom. The van der Waals surface area contributed by atoms with Crippen LogP contribution in [-0.2, 0) is 6.42 Å². The number of aromatic nitrogens is 2. The number of hydrogen-bond donors (Lipinski definition) is 1. The van der Waals surface area contributed by atoms with Crippen LogP contribution in [-0.4, -0.2) is 10.2 Å². The van der Waals surface area contributed by atoms with Gasteiger partial charge in [0.25, 0.3) is 0 Å². The van der Waals surface area contributed by atoms with Crippen molar-refractivity contribution in [2.75, 3.05) is 0 Å². The van der Waals surface area contributed by atoms with E-state index in [2.05, 4.69) is 48.3 Å². The molecule has 0 unspecified atom stereocenters. The van der Waals surface area contributed by atoms with Crippen molar-refractivity contribution in [1.29, 1.82) is 0 Å². The molecule has 1 N–H and O–H groups in total. The van der Waals surface area contributed by atoms with Gasteiger partial charge in [0.15, 0.2) is 0 Å². The number of halogens is 1.